The van der Waals surface area contributed by atoms with Crippen LogP contribution in [0.1, 0.15) is 22.7 Å². The summed E-state index contributed by atoms with van der Waals surface area (Å²) in [6.07, 6.45) is 0.848. The molecule has 3 N–H and O–H groups in total. The minimum atomic E-state index is -0.487. The van der Waals surface area contributed by atoms with Gasteiger partial charge in [0.1, 0.15) is 22.7 Å². The number of rotatable bonds is 4. The van der Waals surface area contributed by atoms with E-state index in [2.05, 4.69) is 15.3 Å². The maximum Gasteiger partial charge on any atom is 0.276 e. The van der Waals surface area contributed by atoms with Crippen LogP contribution in [0.2, 0.25) is 10.0 Å². The van der Waals surface area contributed by atoms with Gasteiger partial charge in [-0.2, -0.15) is 9.78 Å². The quantitative estimate of drug-likeness (QED) is 0.433. The number of aryl methyl sites for hydroxylation is 2. The van der Waals surface area contributed by atoms with E-state index in [1.165, 1.54) is 12.1 Å². The van der Waals surface area contributed by atoms with Gasteiger partial charge in [-0.3, -0.25) is 9.59 Å². The SMILES string of the molecule is Cc1nc2c(N3CC[C@@H](N)C3)c(NC(=O)c3ccc(=O)n(-c4c(Cl)cccc4Cl)n3)ccc2n1C. The van der Waals surface area contributed by atoms with Crippen molar-refractivity contribution in [3.05, 3.63) is 74.4 Å². The summed E-state index contributed by atoms with van der Waals surface area (Å²) < 4.78 is 3.04. The van der Waals surface area contributed by atoms with Crippen molar-refractivity contribution in [2.45, 2.75) is 19.4 Å². The number of aromatic nitrogens is 4. The number of hydrogen-bond acceptors (Lipinski definition) is 6. The predicted molar refractivity (Wildman–Crippen MR) is 138 cm³/mol. The zero-order chi connectivity index (χ0) is 24.9. The van der Waals surface area contributed by atoms with Gasteiger partial charge in [0.2, 0.25) is 0 Å². The molecule has 1 aliphatic rings. The van der Waals surface area contributed by atoms with Gasteiger partial charge in [0.25, 0.3) is 11.5 Å². The van der Waals surface area contributed by atoms with Gasteiger partial charge in [-0.25, -0.2) is 4.98 Å². The number of para-hydroxylation sites is 1. The first-order chi connectivity index (χ1) is 16.7. The van der Waals surface area contributed by atoms with E-state index >= 15 is 0 Å². The van der Waals surface area contributed by atoms with Crippen molar-refractivity contribution < 1.29 is 4.79 Å². The Morgan fingerprint density at radius 2 is 1.86 bits per heavy atom. The lowest BCUT2D eigenvalue weighted by atomic mass is 10.2. The Kier molecular flexibility index (Phi) is 6.00. The van der Waals surface area contributed by atoms with Gasteiger partial charge >= 0.3 is 0 Å². The van der Waals surface area contributed by atoms with E-state index in [-0.39, 0.29) is 27.5 Å². The normalized spacial score (nSPS) is 15.7. The van der Waals surface area contributed by atoms with Crippen molar-refractivity contribution in [3.63, 3.8) is 0 Å². The van der Waals surface area contributed by atoms with E-state index in [1.807, 2.05) is 30.7 Å². The van der Waals surface area contributed by atoms with E-state index < -0.39 is 11.5 Å². The minimum absolute atomic E-state index is 0.0296. The van der Waals surface area contributed by atoms with Crippen molar-refractivity contribution in [2.75, 3.05) is 23.3 Å². The van der Waals surface area contributed by atoms with Crippen LogP contribution in [0.4, 0.5) is 11.4 Å². The Labute approximate surface area is 211 Å². The molecule has 2 aromatic carbocycles. The third-order valence-corrected chi connectivity index (χ3v) is 6.83. The number of nitrogens with two attached hydrogens (primary N) is 1. The summed E-state index contributed by atoms with van der Waals surface area (Å²) in [6.45, 7) is 3.35. The number of carbonyl (C=O) groups excluding carboxylic acids is 1. The monoisotopic (exact) mass is 511 g/mol. The van der Waals surface area contributed by atoms with Gasteiger partial charge in [0.15, 0.2) is 0 Å². The molecule has 180 valence electrons. The van der Waals surface area contributed by atoms with Crippen LogP contribution < -0.4 is 21.5 Å². The topological polar surface area (TPSA) is 111 Å². The molecule has 5 rings (SSSR count). The number of carbonyl (C=O) groups is 1. The van der Waals surface area contributed by atoms with Gasteiger partial charge in [-0.05, 0) is 43.7 Å². The molecular weight excluding hydrogens is 489 g/mol. The lowest BCUT2D eigenvalue weighted by Crippen LogP contribution is -2.28. The number of amides is 1. The molecule has 1 fully saturated rings. The van der Waals surface area contributed by atoms with E-state index in [9.17, 15) is 9.59 Å². The lowest BCUT2D eigenvalue weighted by Gasteiger charge is -2.22. The second-order valence-electron chi connectivity index (χ2n) is 8.54. The first-order valence-corrected chi connectivity index (χ1v) is 11.8. The Hall–Kier alpha value is -3.40. The summed E-state index contributed by atoms with van der Waals surface area (Å²) in [5.41, 5.74) is 9.10. The van der Waals surface area contributed by atoms with Gasteiger partial charge in [0, 0.05) is 32.2 Å². The van der Waals surface area contributed by atoms with E-state index in [0.29, 0.717) is 12.2 Å². The number of fused-ring (bicyclic) bond motifs is 1. The van der Waals surface area contributed by atoms with E-state index in [0.717, 1.165) is 40.2 Å². The number of imidazole rings is 1. The summed E-state index contributed by atoms with van der Waals surface area (Å²) in [5, 5.41) is 7.69. The average molecular weight is 512 g/mol. The summed E-state index contributed by atoms with van der Waals surface area (Å²) in [7, 11) is 1.95. The van der Waals surface area contributed by atoms with E-state index in [4.69, 9.17) is 33.9 Å². The molecule has 4 aromatic rings. The number of benzene rings is 2. The molecule has 1 saturated heterocycles. The zero-order valence-electron chi connectivity index (χ0n) is 19.1. The summed E-state index contributed by atoms with van der Waals surface area (Å²) in [4.78, 5) is 32.7. The molecule has 1 atom stereocenters. The van der Waals surface area contributed by atoms with Gasteiger partial charge < -0.3 is 20.5 Å². The molecule has 0 bridgehead atoms. The number of hydrogen-bond donors (Lipinski definition) is 2. The third-order valence-electron chi connectivity index (χ3n) is 6.22. The Morgan fingerprint density at radius 1 is 1.11 bits per heavy atom. The highest BCUT2D eigenvalue weighted by Gasteiger charge is 2.26. The molecule has 1 aliphatic heterocycles. The second kappa shape index (κ2) is 8.99. The first-order valence-electron chi connectivity index (χ1n) is 11.1. The van der Waals surface area contributed by atoms with Gasteiger partial charge in [-0.1, -0.05) is 29.3 Å². The van der Waals surface area contributed by atoms with Crippen molar-refractivity contribution >= 4 is 51.5 Å². The van der Waals surface area contributed by atoms with Crippen LogP contribution in [-0.4, -0.2) is 44.4 Å². The summed E-state index contributed by atoms with van der Waals surface area (Å²) in [6, 6.07) is 11.3. The highest BCUT2D eigenvalue weighted by Crippen LogP contribution is 2.36. The summed E-state index contributed by atoms with van der Waals surface area (Å²) >= 11 is 12.5. The zero-order valence-corrected chi connectivity index (χ0v) is 20.6. The standard InChI is InChI=1S/C24H23Cl2N7O2/c1-13-28-21-19(31(13)2)8-6-17(23(21)32-11-10-14(27)12-32)29-24(35)18-7-9-20(34)33(30-18)22-15(25)4-3-5-16(22)26/h3-9,14H,10-12,27H2,1-2H3,(H,29,35)/t14-/m1/s1. The van der Waals surface area contributed by atoms with Crippen LogP contribution in [0.15, 0.2) is 47.3 Å². The maximum atomic E-state index is 13.3. The number of nitrogens with one attached hydrogen (secondary N) is 1. The lowest BCUT2D eigenvalue weighted by molar-refractivity contribution is 0.102. The van der Waals surface area contributed by atoms with Crippen molar-refractivity contribution in [3.8, 4) is 5.69 Å². The number of halogens is 2. The first kappa shape index (κ1) is 23.3. The van der Waals surface area contributed by atoms with Crippen LogP contribution >= 0.6 is 23.2 Å². The van der Waals surface area contributed by atoms with Crippen molar-refractivity contribution in [1.29, 1.82) is 0 Å². The fourth-order valence-electron chi connectivity index (χ4n) is 4.34. The molecule has 0 unspecified atom stereocenters. The largest absolute Gasteiger partial charge is 0.366 e. The van der Waals surface area contributed by atoms with Crippen LogP contribution in [0, 0.1) is 6.92 Å². The van der Waals surface area contributed by atoms with Gasteiger partial charge in [-0.15, -0.1) is 0 Å². The van der Waals surface area contributed by atoms with Crippen molar-refractivity contribution in [1.82, 2.24) is 19.3 Å². The Bertz CT molecular complexity index is 1510. The highest BCUT2D eigenvalue weighted by molar-refractivity contribution is 6.37. The fraction of sp³-hybridized carbons (Fsp3) is 0.250. The molecule has 2 aromatic heterocycles. The second-order valence-corrected chi connectivity index (χ2v) is 9.35. The molecule has 0 saturated carbocycles. The maximum absolute atomic E-state index is 13.3. The third kappa shape index (κ3) is 4.16. The molecule has 0 radical (unpaired) electrons. The summed E-state index contributed by atoms with van der Waals surface area (Å²) in [5.74, 6) is 0.372. The smallest absolute Gasteiger partial charge is 0.276 e. The minimum Gasteiger partial charge on any atom is -0.366 e. The fourth-order valence-corrected chi connectivity index (χ4v) is 4.90. The Morgan fingerprint density at radius 3 is 2.54 bits per heavy atom. The van der Waals surface area contributed by atoms with Crippen LogP contribution in [0.5, 0.6) is 0 Å². The highest BCUT2D eigenvalue weighted by atomic mass is 35.5. The number of nitrogens with zero attached hydrogens (tertiary/aromatic N) is 5. The van der Waals surface area contributed by atoms with Crippen LogP contribution in [-0.2, 0) is 7.05 Å². The van der Waals surface area contributed by atoms with E-state index in [1.54, 1.807) is 18.2 Å². The van der Waals surface area contributed by atoms with Crippen molar-refractivity contribution in [2.24, 2.45) is 12.8 Å². The van der Waals surface area contributed by atoms with Crippen LogP contribution in [0.25, 0.3) is 16.7 Å². The Balaban J connectivity index is 1.56. The molecule has 11 heteroatoms. The molecular formula is C24H23Cl2N7O2. The molecule has 0 aliphatic carbocycles. The molecule has 3 heterocycles. The average Bonchev–Trinajstić information content (AvgIpc) is 3.37. The van der Waals surface area contributed by atoms with Gasteiger partial charge in [0.05, 0.1) is 26.9 Å². The molecule has 35 heavy (non-hydrogen) atoms. The predicted octanol–water partition coefficient (Wildman–Crippen LogP) is 3.52. The number of anilines is 2. The molecule has 0 spiro atoms. The van der Waals surface area contributed by atoms with Crippen LogP contribution in [0.3, 0.4) is 0 Å². The molecule has 1 amide bonds. The molecule has 9 nitrogen and oxygen atoms in total.